The second kappa shape index (κ2) is 8.62. The zero-order valence-corrected chi connectivity index (χ0v) is 17.4. The number of anilines is 1. The lowest BCUT2D eigenvalue weighted by molar-refractivity contribution is -0.116. The predicted octanol–water partition coefficient (Wildman–Crippen LogP) is 4.71. The van der Waals surface area contributed by atoms with Gasteiger partial charge in [0.1, 0.15) is 5.52 Å². The predicted molar refractivity (Wildman–Crippen MR) is 119 cm³/mol. The van der Waals surface area contributed by atoms with E-state index in [-0.39, 0.29) is 11.5 Å². The smallest absolute Gasteiger partial charge is 0.262 e. The van der Waals surface area contributed by atoms with Crippen LogP contribution in [0.1, 0.15) is 31.6 Å². The maximum absolute atomic E-state index is 12.6. The second-order valence-electron chi connectivity index (χ2n) is 7.21. The van der Waals surface area contributed by atoms with Crippen molar-refractivity contribution in [2.45, 2.75) is 39.2 Å². The fourth-order valence-corrected chi connectivity index (χ4v) is 3.76. The largest absolute Gasteiger partial charge is 0.441 e. The minimum atomic E-state index is -0.0782. The van der Waals surface area contributed by atoms with E-state index in [1.807, 2.05) is 18.2 Å². The normalized spacial score (nSPS) is 11.2. The average molecular weight is 423 g/mol. The zero-order chi connectivity index (χ0) is 21.1. The Labute approximate surface area is 177 Å². The minimum absolute atomic E-state index is 0.0465. The third-order valence-corrected chi connectivity index (χ3v) is 5.28. The Bertz CT molecular complexity index is 1340. The number of rotatable bonds is 7. The lowest BCUT2D eigenvalue weighted by Crippen LogP contribution is -2.22. The zero-order valence-electron chi connectivity index (χ0n) is 16.6. The van der Waals surface area contributed by atoms with E-state index in [1.54, 1.807) is 35.8 Å². The van der Waals surface area contributed by atoms with Gasteiger partial charge in [0, 0.05) is 25.6 Å². The number of benzene rings is 2. The molecule has 30 heavy (non-hydrogen) atoms. The van der Waals surface area contributed by atoms with Gasteiger partial charge in [0.25, 0.3) is 5.56 Å². The van der Waals surface area contributed by atoms with Crippen LogP contribution in [0, 0.1) is 11.7 Å². The Balaban J connectivity index is 1.28. The molecule has 0 aliphatic carbocycles. The molecule has 2 N–H and O–H groups in total. The number of nitrogens with one attached hydrogen (secondary N) is 2. The van der Waals surface area contributed by atoms with Crippen LogP contribution in [0.4, 0.5) is 5.69 Å². The highest BCUT2D eigenvalue weighted by Gasteiger charge is 2.08. The Morgan fingerprint density at radius 3 is 2.90 bits per heavy atom. The molecule has 8 heteroatoms. The number of aryl methyl sites for hydroxylation is 1. The molecule has 0 radical (unpaired) electrons. The standard InChI is InChI=1S/C22H22N4O3S/c1-14-23-18-13-15(10-11-19(18)29-14)24-20(27)9-3-2-6-12-26-21(28)16-7-4-5-8-17(16)25-22(26)30/h4-5,7-8,10-11,13H,2-3,6,9,12H2,1H3,(H,24,27)(H,25,30). The molecule has 0 unspecified atom stereocenters. The molecule has 154 valence electrons. The van der Waals surface area contributed by atoms with E-state index in [2.05, 4.69) is 15.3 Å². The molecule has 2 heterocycles. The van der Waals surface area contributed by atoms with E-state index >= 15 is 0 Å². The van der Waals surface area contributed by atoms with Crippen molar-refractivity contribution in [2.75, 3.05) is 5.32 Å². The van der Waals surface area contributed by atoms with Gasteiger partial charge in [-0.3, -0.25) is 14.2 Å². The number of oxazole rings is 1. The number of carbonyl (C=O) groups excluding carboxylic acids is 1. The van der Waals surface area contributed by atoms with Crippen LogP contribution < -0.4 is 10.9 Å². The lowest BCUT2D eigenvalue weighted by atomic mass is 10.1. The molecule has 0 saturated carbocycles. The Morgan fingerprint density at radius 1 is 1.20 bits per heavy atom. The minimum Gasteiger partial charge on any atom is -0.441 e. The van der Waals surface area contributed by atoms with E-state index in [0.29, 0.717) is 40.3 Å². The van der Waals surface area contributed by atoms with Gasteiger partial charge in [0.05, 0.1) is 10.9 Å². The highest BCUT2D eigenvalue weighted by Crippen LogP contribution is 2.20. The molecule has 2 aromatic carbocycles. The van der Waals surface area contributed by atoms with Crippen LogP contribution in [0.2, 0.25) is 0 Å². The number of amides is 1. The number of hydrogen-bond donors (Lipinski definition) is 2. The number of aromatic nitrogens is 3. The number of unbranched alkanes of at least 4 members (excludes halogenated alkanes) is 2. The highest BCUT2D eigenvalue weighted by atomic mass is 32.1. The molecule has 1 amide bonds. The summed E-state index contributed by atoms with van der Waals surface area (Å²) in [6, 6.07) is 12.8. The van der Waals surface area contributed by atoms with Gasteiger partial charge in [-0.1, -0.05) is 18.6 Å². The summed E-state index contributed by atoms with van der Waals surface area (Å²) < 4.78 is 7.45. The van der Waals surface area contributed by atoms with E-state index in [4.69, 9.17) is 16.6 Å². The van der Waals surface area contributed by atoms with Crippen LogP contribution in [0.3, 0.4) is 0 Å². The summed E-state index contributed by atoms with van der Waals surface area (Å²) in [5.74, 6) is 0.550. The molecule has 2 aromatic heterocycles. The molecule has 4 aromatic rings. The molecular formula is C22H22N4O3S. The van der Waals surface area contributed by atoms with Gasteiger partial charge in [-0.25, -0.2) is 4.98 Å². The summed E-state index contributed by atoms with van der Waals surface area (Å²) in [5.41, 5.74) is 2.80. The summed E-state index contributed by atoms with van der Waals surface area (Å²) in [6.07, 6.45) is 2.74. The summed E-state index contributed by atoms with van der Waals surface area (Å²) >= 11 is 5.33. The van der Waals surface area contributed by atoms with E-state index in [1.165, 1.54) is 0 Å². The molecule has 0 atom stereocenters. The van der Waals surface area contributed by atoms with Crippen molar-refractivity contribution in [3.63, 3.8) is 0 Å². The molecule has 4 rings (SSSR count). The fourth-order valence-electron chi connectivity index (χ4n) is 3.48. The maximum atomic E-state index is 12.6. The van der Waals surface area contributed by atoms with Gasteiger partial charge in [0.2, 0.25) is 5.91 Å². The summed E-state index contributed by atoms with van der Waals surface area (Å²) in [4.78, 5) is 32.2. The first-order valence-corrected chi connectivity index (χ1v) is 10.3. The molecule has 0 saturated heterocycles. The van der Waals surface area contributed by atoms with Gasteiger partial charge >= 0.3 is 0 Å². The van der Waals surface area contributed by atoms with Crippen molar-refractivity contribution in [1.29, 1.82) is 0 Å². The number of aromatic amines is 1. The van der Waals surface area contributed by atoms with Gasteiger partial charge in [0.15, 0.2) is 16.2 Å². The molecule has 0 spiro atoms. The first kappa shape index (κ1) is 20.0. The number of H-pyrrole nitrogens is 1. The summed E-state index contributed by atoms with van der Waals surface area (Å²) in [6.45, 7) is 2.32. The van der Waals surface area contributed by atoms with E-state index in [0.717, 1.165) is 30.3 Å². The van der Waals surface area contributed by atoms with Crippen LogP contribution in [0.5, 0.6) is 0 Å². The fraction of sp³-hybridized carbons (Fsp3) is 0.273. The van der Waals surface area contributed by atoms with Crippen molar-refractivity contribution >= 4 is 45.8 Å². The van der Waals surface area contributed by atoms with Crippen LogP contribution >= 0.6 is 12.2 Å². The van der Waals surface area contributed by atoms with Gasteiger partial charge in [-0.15, -0.1) is 0 Å². The Morgan fingerprint density at radius 2 is 2.03 bits per heavy atom. The van der Waals surface area contributed by atoms with Gasteiger partial charge < -0.3 is 14.7 Å². The second-order valence-corrected chi connectivity index (χ2v) is 7.59. The SMILES string of the molecule is Cc1nc2cc(NC(=O)CCCCCn3c(=S)[nH]c4ccccc4c3=O)ccc2o1. The van der Waals surface area contributed by atoms with Crippen LogP contribution in [-0.2, 0) is 11.3 Å². The number of carbonyl (C=O) groups is 1. The van der Waals surface area contributed by atoms with Crippen molar-refractivity contribution in [1.82, 2.24) is 14.5 Å². The number of hydrogen-bond acceptors (Lipinski definition) is 5. The van der Waals surface area contributed by atoms with Crippen LogP contribution in [0.25, 0.3) is 22.0 Å². The van der Waals surface area contributed by atoms with E-state index in [9.17, 15) is 9.59 Å². The average Bonchev–Trinajstić information content (AvgIpc) is 3.09. The van der Waals surface area contributed by atoms with Crippen LogP contribution in [0.15, 0.2) is 51.7 Å². The molecule has 7 nitrogen and oxygen atoms in total. The Hall–Kier alpha value is -3.26. The third-order valence-electron chi connectivity index (χ3n) is 4.95. The topological polar surface area (TPSA) is 92.9 Å². The molecule has 0 aliphatic heterocycles. The first-order valence-electron chi connectivity index (χ1n) is 9.90. The highest BCUT2D eigenvalue weighted by molar-refractivity contribution is 7.71. The quantitative estimate of drug-likeness (QED) is 0.332. The number of nitrogens with zero attached hydrogens (tertiary/aromatic N) is 2. The third kappa shape index (κ3) is 4.33. The molecule has 0 bridgehead atoms. The Kier molecular flexibility index (Phi) is 5.76. The van der Waals surface area contributed by atoms with Crippen molar-refractivity contribution < 1.29 is 9.21 Å². The molecular weight excluding hydrogens is 400 g/mol. The monoisotopic (exact) mass is 422 g/mol. The first-order chi connectivity index (χ1) is 14.5. The maximum Gasteiger partial charge on any atom is 0.262 e. The molecule has 0 fully saturated rings. The van der Waals surface area contributed by atoms with Gasteiger partial charge in [-0.05, 0) is 55.4 Å². The summed E-state index contributed by atoms with van der Waals surface area (Å²) in [7, 11) is 0. The van der Waals surface area contributed by atoms with Gasteiger partial charge in [-0.2, -0.15) is 0 Å². The van der Waals surface area contributed by atoms with Crippen molar-refractivity contribution in [3.8, 4) is 0 Å². The van der Waals surface area contributed by atoms with Crippen molar-refractivity contribution in [3.05, 3.63) is 63.5 Å². The van der Waals surface area contributed by atoms with E-state index < -0.39 is 0 Å². The van der Waals surface area contributed by atoms with Crippen molar-refractivity contribution in [2.24, 2.45) is 0 Å². The summed E-state index contributed by atoms with van der Waals surface area (Å²) in [5, 5.41) is 3.52. The number of para-hydroxylation sites is 1. The number of fused-ring (bicyclic) bond motifs is 2. The lowest BCUT2D eigenvalue weighted by Gasteiger charge is -2.08. The molecule has 0 aliphatic rings. The van der Waals surface area contributed by atoms with Crippen LogP contribution in [-0.4, -0.2) is 20.4 Å².